The van der Waals surface area contributed by atoms with Gasteiger partial charge >= 0.3 is 37.1 Å². The Hall–Kier alpha value is -6.00. The molecule has 0 saturated heterocycles. The van der Waals surface area contributed by atoms with E-state index < -0.39 is 138 Å². The molecule has 0 aliphatic carbocycles. The Morgan fingerprint density at radius 1 is 0.185 bits per heavy atom. The predicted molar refractivity (Wildman–Crippen MR) is 135 cm³/mol. The molecule has 1 aromatic carbocycles. The molecule has 0 radical (unpaired) electrons. The number of hydrogen-bond donors (Lipinski definition) is 0. The summed E-state index contributed by atoms with van der Waals surface area (Å²) in [7, 11) is 0. The number of alkyl halides is 18. The second-order valence-corrected chi connectivity index (χ2v) is 10.5. The largest absolute Gasteiger partial charge is 0.435 e. The summed E-state index contributed by atoms with van der Waals surface area (Å²) >= 11 is 0. The molecule has 0 N–H and O–H groups in total. The first-order chi connectivity index (χ1) is 24.5. The Kier molecular flexibility index (Phi) is 7.27. The number of aromatic nitrogens is 12. The van der Waals surface area contributed by atoms with Crippen LogP contribution in [0, 0.1) is 0 Å². The third kappa shape index (κ3) is 5.87. The van der Waals surface area contributed by atoms with E-state index in [0.29, 0.717) is 0 Å². The Bertz CT molecular complexity index is 2240. The fourth-order valence-electron chi connectivity index (χ4n) is 4.83. The first kappa shape index (κ1) is 36.4. The average Bonchev–Trinajstić information content (AvgIpc) is 3.01. The molecular weight excluding hydrogens is 798 g/mol. The summed E-state index contributed by atoms with van der Waals surface area (Å²) in [5, 5.41) is 0. The molecule has 12 nitrogen and oxygen atoms in total. The minimum Gasteiger partial charge on any atom is -0.221 e. The summed E-state index contributed by atoms with van der Waals surface area (Å²) in [5.41, 5.74) is -30.9. The molecule has 6 heterocycles. The van der Waals surface area contributed by atoms with E-state index in [0.717, 1.165) is 0 Å². The van der Waals surface area contributed by atoms with Crippen molar-refractivity contribution in [3.8, 4) is 0 Å². The van der Waals surface area contributed by atoms with Crippen LogP contribution in [0.25, 0.3) is 67.0 Å². The van der Waals surface area contributed by atoms with Gasteiger partial charge in [-0.1, -0.05) is 0 Å². The lowest BCUT2D eigenvalue weighted by atomic mass is 10.2. The fourth-order valence-corrected chi connectivity index (χ4v) is 4.83. The van der Waals surface area contributed by atoms with Gasteiger partial charge in [-0.05, 0) is 0 Å². The molecule has 6 aromatic heterocycles. The molecule has 0 bridgehead atoms. The first-order valence-corrected chi connectivity index (χ1v) is 13.3. The molecule has 0 aliphatic heterocycles. The van der Waals surface area contributed by atoms with Crippen molar-refractivity contribution in [2.24, 2.45) is 0 Å². The van der Waals surface area contributed by atoms with Crippen molar-refractivity contribution in [3.63, 3.8) is 0 Å². The van der Waals surface area contributed by atoms with Crippen molar-refractivity contribution in [2.75, 3.05) is 0 Å². The molecule has 54 heavy (non-hydrogen) atoms. The molecule has 7 rings (SSSR count). The van der Waals surface area contributed by atoms with Gasteiger partial charge in [0.2, 0.25) is 0 Å². The maximum atomic E-state index is 13.6. The van der Waals surface area contributed by atoms with Crippen LogP contribution in [0.2, 0.25) is 0 Å². The summed E-state index contributed by atoms with van der Waals surface area (Å²) in [5.74, 6) is 0. The molecular formula is C24F18N12. The van der Waals surface area contributed by atoms with Gasteiger partial charge < -0.3 is 0 Å². The van der Waals surface area contributed by atoms with Crippen LogP contribution in [0.15, 0.2) is 0 Å². The first-order valence-electron chi connectivity index (χ1n) is 13.3. The monoisotopic (exact) mass is 798 g/mol. The molecule has 282 valence electrons. The number of nitrogens with zero attached hydrogens (tertiary/aromatic N) is 12. The minimum atomic E-state index is -5.88. The fraction of sp³-hybridized carbons (Fsp3) is 0.250. The molecule has 0 spiro atoms. The summed E-state index contributed by atoms with van der Waals surface area (Å²) in [6.45, 7) is 0. The molecule has 0 aliphatic rings. The highest BCUT2D eigenvalue weighted by Gasteiger charge is 2.49. The lowest BCUT2D eigenvalue weighted by Gasteiger charge is -2.16. The Morgan fingerprint density at radius 3 is 0.389 bits per heavy atom. The van der Waals surface area contributed by atoms with E-state index in [1.165, 1.54) is 0 Å². The third-order valence-corrected chi connectivity index (χ3v) is 6.84. The van der Waals surface area contributed by atoms with Gasteiger partial charge in [0.1, 0.15) is 33.1 Å². The number of benzene rings is 1. The van der Waals surface area contributed by atoms with Crippen molar-refractivity contribution in [1.29, 1.82) is 0 Å². The maximum Gasteiger partial charge on any atom is 0.435 e. The zero-order chi connectivity index (χ0) is 39.9. The number of halogens is 18. The van der Waals surface area contributed by atoms with Gasteiger partial charge in [0.05, 0.1) is 0 Å². The zero-order valence-electron chi connectivity index (χ0n) is 24.2. The summed E-state index contributed by atoms with van der Waals surface area (Å²) < 4.78 is 245. The van der Waals surface area contributed by atoms with Gasteiger partial charge in [-0.25, -0.2) is 59.8 Å². The van der Waals surface area contributed by atoms with Crippen LogP contribution in [0.4, 0.5) is 79.0 Å². The van der Waals surface area contributed by atoms with Crippen LogP contribution in [-0.2, 0) is 37.1 Å². The van der Waals surface area contributed by atoms with Gasteiger partial charge in [0.15, 0.2) is 68.0 Å². The van der Waals surface area contributed by atoms with Crippen molar-refractivity contribution < 1.29 is 79.0 Å². The lowest BCUT2D eigenvalue weighted by Crippen LogP contribution is -2.21. The van der Waals surface area contributed by atoms with Crippen LogP contribution in [0.3, 0.4) is 0 Å². The van der Waals surface area contributed by atoms with Crippen LogP contribution < -0.4 is 0 Å². The second-order valence-electron chi connectivity index (χ2n) is 10.5. The highest BCUT2D eigenvalue weighted by atomic mass is 19.4. The molecule has 0 saturated carbocycles. The van der Waals surface area contributed by atoms with Gasteiger partial charge in [-0.2, -0.15) is 79.0 Å². The number of rotatable bonds is 0. The highest BCUT2D eigenvalue weighted by Crippen LogP contribution is 2.43. The predicted octanol–water partition coefficient (Wildman–Crippen LogP) is 7.46. The molecule has 0 unspecified atom stereocenters. The SMILES string of the molecule is FC(F)(F)c1nc2nc3c4nc5nc(C(F)(F)F)c(C(F)(F)F)nc5nc4c4nc5nc(C(F)(F)F)c(C(F)(F)F)nc5nc4c3nc2nc1C(F)(F)F. The Morgan fingerprint density at radius 2 is 0.296 bits per heavy atom. The molecule has 0 amide bonds. The molecule has 0 fully saturated rings. The smallest absolute Gasteiger partial charge is 0.221 e. The standard InChI is InChI=1S/C24F18N12/c25-19(26,27)7-8(20(28,29)30)50-14-13(49-7)43-1-2(44-14)4-6(48-18-17(47-4)53-11(23(37,38)39)12(54-18)24(40,41)42)5-3(1)45-15-16(46-5)52-10(22(34,35)36)9(51-15)21(31,32)33. The highest BCUT2D eigenvalue weighted by molar-refractivity contribution is 6.20. The summed E-state index contributed by atoms with van der Waals surface area (Å²) in [6.07, 6.45) is -35.3. The van der Waals surface area contributed by atoms with E-state index >= 15 is 0 Å². The lowest BCUT2D eigenvalue weighted by molar-refractivity contribution is -0.167. The second kappa shape index (κ2) is 10.8. The van der Waals surface area contributed by atoms with Gasteiger partial charge in [0.25, 0.3) is 0 Å². The Balaban J connectivity index is 1.72. The number of hydrogen-bond acceptors (Lipinski definition) is 12. The van der Waals surface area contributed by atoms with E-state index in [1.54, 1.807) is 0 Å². The van der Waals surface area contributed by atoms with E-state index in [4.69, 9.17) is 0 Å². The van der Waals surface area contributed by atoms with Crippen LogP contribution >= 0.6 is 0 Å². The summed E-state index contributed by atoms with van der Waals surface area (Å²) in [4.78, 5) is 38.3. The Labute approximate surface area is 277 Å². The van der Waals surface area contributed by atoms with Crippen LogP contribution in [0.1, 0.15) is 34.2 Å². The van der Waals surface area contributed by atoms with Crippen LogP contribution in [-0.4, -0.2) is 59.8 Å². The van der Waals surface area contributed by atoms with Crippen molar-refractivity contribution in [3.05, 3.63) is 34.2 Å². The molecule has 7 aromatic rings. The third-order valence-electron chi connectivity index (χ3n) is 6.84. The van der Waals surface area contributed by atoms with Gasteiger partial charge in [-0.15, -0.1) is 0 Å². The normalized spacial score (nSPS) is 14.1. The van der Waals surface area contributed by atoms with E-state index in [-0.39, 0.29) is 0 Å². The van der Waals surface area contributed by atoms with Gasteiger partial charge in [-0.3, -0.25) is 0 Å². The number of fused-ring (bicyclic) bond motifs is 9. The van der Waals surface area contributed by atoms with Crippen LogP contribution in [0.5, 0.6) is 0 Å². The molecule has 0 atom stereocenters. The quantitative estimate of drug-likeness (QED) is 0.0850. The maximum absolute atomic E-state index is 13.6. The zero-order valence-corrected chi connectivity index (χ0v) is 24.2. The van der Waals surface area contributed by atoms with Crippen molar-refractivity contribution >= 4 is 67.0 Å². The van der Waals surface area contributed by atoms with E-state index in [2.05, 4.69) is 59.8 Å². The van der Waals surface area contributed by atoms with E-state index in [1.807, 2.05) is 0 Å². The van der Waals surface area contributed by atoms with Crippen molar-refractivity contribution in [2.45, 2.75) is 37.1 Å². The topological polar surface area (TPSA) is 155 Å². The minimum absolute atomic E-state index is 1.07. The molecule has 30 heteroatoms. The summed E-state index contributed by atoms with van der Waals surface area (Å²) in [6, 6.07) is 0. The van der Waals surface area contributed by atoms with E-state index in [9.17, 15) is 79.0 Å². The average molecular weight is 798 g/mol. The van der Waals surface area contributed by atoms with Crippen molar-refractivity contribution in [1.82, 2.24) is 59.8 Å². The van der Waals surface area contributed by atoms with Gasteiger partial charge in [0, 0.05) is 0 Å².